The van der Waals surface area contributed by atoms with Crippen molar-refractivity contribution in [2.75, 3.05) is 0 Å². The summed E-state index contributed by atoms with van der Waals surface area (Å²) in [5.41, 5.74) is 0. The molecule has 0 aliphatic heterocycles. The van der Waals surface area contributed by atoms with Crippen molar-refractivity contribution in [1.82, 2.24) is 0 Å². The predicted octanol–water partition coefficient (Wildman–Crippen LogP) is 13.1. The average molecular weight is 491 g/mol. The van der Waals surface area contributed by atoms with Gasteiger partial charge in [0.05, 0.1) is 0 Å². The summed E-state index contributed by atoms with van der Waals surface area (Å²) in [5, 5.41) is 0. The molecule has 0 fully saturated rings. The third-order valence-corrected chi connectivity index (χ3v) is 8.84. The van der Waals surface area contributed by atoms with Gasteiger partial charge in [0.25, 0.3) is 0 Å². The summed E-state index contributed by atoms with van der Waals surface area (Å²) < 4.78 is 0. The van der Waals surface area contributed by atoms with Crippen LogP contribution in [0.5, 0.6) is 0 Å². The highest BCUT2D eigenvalue weighted by atomic mass is 14.3. The van der Waals surface area contributed by atoms with Gasteiger partial charge in [-0.3, -0.25) is 0 Å². The Bertz CT molecular complexity index is 422. The smallest absolute Gasteiger partial charge is 0.0351 e. The summed E-state index contributed by atoms with van der Waals surface area (Å²) in [5.74, 6) is 3.67. The SMILES string of the molecule is CC=CCCCCCCCCCCCC(C)C(CCCCCCCCCCC)C(C)CC(C)CC. The summed E-state index contributed by atoms with van der Waals surface area (Å²) in [6.45, 7) is 14.5. The zero-order valence-electron chi connectivity index (χ0n) is 25.7. The average Bonchev–Trinajstić information content (AvgIpc) is 2.85. The van der Waals surface area contributed by atoms with E-state index in [-0.39, 0.29) is 0 Å². The lowest BCUT2D eigenvalue weighted by Crippen LogP contribution is -2.22. The van der Waals surface area contributed by atoms with Crippen molar-refractivity contribution in [3.8, 4) is 0 Å². The molecule has 4 atom stereocenters. The molecule has 0 aromatic heterocycles. The van der Waals surface area contributed by atoms with E-state index in [9.17, 15) is 0 Å². The Morgan fingerprint density at radius 2 is 0.971 bits per heavy atom. The quantitative estimate of drug-likeness (QED) is 0.0793. The second-order valence-electron chi connectivity index (χ2n) is 12.3. The third kappa shape index (κ3) is 22.6. The number of allylic oxidation sites excluding steroid dienone is 2. The zero-order chi connectivity index (χ0) is 26.0. The first-order chi connectivity index (χ1) is 17.1. The number of hydrogen-bond acceptors (Lipinski definition) is 0. The Kier molecular flexibility index (Phi) is 26.6. The summed E-state index contributed by atoms with van der Waals surface area (Å²) in [4.78, 5) is 0. The van der Waals surface area contributed by atoms with Crippen LogP contribution in [-0.4, -0.2) is 0 Å². The molecule has 0 N–H and O–H groups in total. The molecule has 0 aliphatic rings. The van der Waals surface area contributed by atoms with Gasteiger partial charge in [0.1, 0.15) is 0 Å². The molecule has 0 saturated heterocycles. The fourth-order valence-corrected chi connectivity index (χ4v) is 6.14. The van der Waals surface area contributed by atoms with Crippen LogP contribution in [-0.2, 0) is 0 Å². The molecule has 0 aromatic rings. The lowest BCUT2D eigenvalue weighted by molar-refractivity contribution is 0.190. The molecular formula is C35H70. The van der Waals surface area contributed by atoms with Gasteiger partial charge >= 0.3 is 0 Å². The number of hydrogen-bond donors (Lipinski definition) is 0. The second kappa shape index (κ2) is 26.8. The maximum atomic E-state index is 2.60. The Labute approximate surface area is 224 Å². The van der Waals surface area contributed by atoms with Crippen molar-refractivity contribution < 1.29 is 0 Å². The van der Waals surface area contributed by atoms with E-state index < -0.39 is 0 Å². The molecule has 0 rings (SSSR count). The van der Waals surface area contributed by atoms with E-state index in [0.717, 1.165) is 23.7 Å². The van der Waals surface area contributed by atoms with Gasteiger partial charge in [0.15, 0.2) is 0 Å². The van der Waals surface area contributed by atoms with Gasteiger partial charge in [-0.2, -0.15) is 0 Å². The van der Waals surface area contributed by atoms with Crippen molar-refractivity contribution in [2.24, 2.45) is 23.7 Å². The normalized spacial score (nSPS) is 15.5. The Morgan fingerprint density at radius 3 is 1.46 bits per heavy atom. The number of rotatable bonds is 27. The fourth-order valence-electron chi connectivity index (χ4n) is 6.14. The van der Waals surface area contributed by atoms with Crippen LogP contribution in [0.25, 0.3) is 0 Å². The first kappa shape index (κ1) is 34.7. The molecule has 4 unspecified atom stereocenters. The molecule has 0 spiro atoms. The van der Waals surface area contributed by atoms with Gasteiger partial charge < -0.3 is 0 Å². The van der Waals surface area contributed by atoms with Gasteiger partial charge in [-0.15, -0.1) is 0 Å². The summed E-state index contributed by atoms with van der Waals surface area (Å²) in [6.07, 6.45) is 37.7. The van der Waals surface area contributed by atoms with Crippen molar-refractivity contribution in [2.45, 2.75) is 189 Å². The van der Waals surface area contributed by atoms with Crippen LogP contribution in [0.4, 0.5) is 0 Å². The van der Waals surface area contributed by atoms with E-state index in [1.807, 2.05) is 0 Å². The lowest BCUT2D eigenvalue weighted by atomic mass is 9.74. The Hall–Kier alpha value is -0.260. The van der Waals surface area contributed by atoms with Gasteiger partial charge in [0, 0.05) is 0 Å². The molecule has 0 aromatic carbocycles. The molecule has 0 nitrogen and oxygen atoms in total. The minimum Gasteiger partial charge on any atom is -0.0917 e. The Morgan fingerprint density at radius 1 is 0.514 bits per heavy atom. The predicted molar refractivity (Wildman–Crippen MR) is 163 cm³/mol. The van der Waals surface area contributed by atoms with Gasteiger partial charge in [-0.1, -0.05) is 169 Å². The summed E-state index contributed by atoms with van der Waals surface area (Å²) in [7, 11) is 0. The highest BCUT2D eigenvalue weighted by Crippen LogP contribution is 2.34. The molecule has 0 radical (unpaired) electrons. The maximum absolute atomic E-state index is 2.60. The highest BCUT2D eigenvalue weighted by molar-refractivity contribution is 4.76. The van der Waals surface area contributed by atoms with Crippen LogP contribution in [0.15, 0.2) is 12.2 Å². The molecule has 35 heavy (non-hydrogen) atoms. The summed E-state index contributed by atoms with van der Waals surface area (Å²) >= 11 is 0. The third-order valence-electron chi connectivity index (χ3n) is 8.84. The minimum absolute atomic E-state index is 0.894. The molecule has 0 saturated carbocycles. The van der Waals surface area contributed by atoms with E-state index in [1.165, 1.54) is 148 Å². The van der Waals surface area contributed by atoms with Crippen LogP contribution >= 0.6 is 0 Å². The molecule has 0 amide bonds. The first-order valence-corrected chi connectivity index (χ1v) is 16.7. The Balaban J connectivity index is 4.06. The van der Waals surface area contributed by atoms with E-state index >= 15 is 0 Å². The van der Waals surface area contributed by atoms with Crippen molar-refractivity contribution >= 4 is 0 Å². The van der Waals surface area contributed by atoms with Crippen molar-refractivity contribution in [1.29, 1.82) is 0 Å². The van der Waals surface area contributed by atoms with Crippen LogP contribution in [0, 0.1) is 23.7 Å². The van der Waals surface area contributed by atoms with E-state index in [4.69, 9.17) is 0 Å². The van der Waals surface area contributed by atoms with Crippen LogP contribution < -0.4 is 0 Å². The maximum Gasteiger partial charge on any atom is -0.0351 e. The molecule has 0 aliphatic carbocycles. The van der Waals surface area contributed by atoms with E-state index in [1.54, 1.807) is 0 Å². The van der Waals surface area contributed by atoms with Crippen molar-refractivity contribution in [3.63, 3.8) is 0 Å². The zero-order valence-corrected chi connectivity index (χ0v) is 25.7. The largest absolute Gasteiger partial charge is 0.0917 e. The molecule has 210 valence electrons. The van der Waals surface area contributed by atoms with Crippen molar-refractivity contribution in [3.05, 3.63) is 12.2 Å². The fraction of sp³-hybridized carbons (Fsp3) is 0.943. The van der Waals surface area contributed by atoms with E-state index in [2.05, 4.69) is 53.7 Å². The van der Waals surface area contributed by atoms with E-state index in [0.29, 0.717) is 0 Å². The first-order valence-electron chi connectivity index (χ1n) is 16.7. The number of unbranched alkanes of at least 4 members (excludes halogenated alkanes) is 17. The molecule has 0 heterocycles. The molecule has 0 heteroatoms. The highest BCUT2D eigenvalue weighted by Gasteiger charge is 2.24. The standard InChI is InChI=1S/C35H70/c1-7-10-12-14-16-18-19-20-22-23-25-27-29-33(5)35(34(6)31-32(4)9-3)30-28-26-24-21-17-15-13-11-8-2/h7,10,32-35H,8-9,11-31H2,1-6H3. The second-order valence-corrected chi connectivity index (χ2v) is 12.3. The minimum atomic E-state index is 0.894. The lowest BCUT2D eigenvalue weighted by Gasteiger charge is -2.31. The molecule has 0 bridgehead atoms. The monoisotopic (exact) mass is 491 g/mol. The van der Waals surface area contributed by atoms with Gasteiger partial charge in [0.2, 0.25) is 0 Å². The van der Waals surface area contributed by atoms with Gasteiger partial charge in [-0.05, 0) is 56.3 Å². The topological polar surface area (TPSA) is 0 Å². The van der Waals surface area contributed by atoms with Crippen LogP contribution in [0.1, 0.15) is 189 Å². The van der Waals surface area contributed by atoms with Gasteiger partial charge in [-0.25, -0.2) is 0 Å². The summed E-state index contributed by atoms with van der Waals surface area (Å²) in [6, 6.07) is 0. The van der Waals surface area contributed by atoms with Crippen LogP contribution in [0.2, 0.25) is 0 Å². The van der Waals surface area contributed by atoms with Crippen LogP contribution in [0.3, 0.4) is 0 Å². The molecular weight excluding hydrogens is 420 g/mol.